The van der Waals surface area contributed by atoms with Crippen LogP contribution in [-0.2, 0) is 0 Å². The first-order valence-electron chi connectivity index (χ1n) is 7.32. The molecular weight excluding hydrogens is 250 g/mol. The average Bonchev–Trinajstić information content (AvgIpc) is 2.53. The van der Waals surface area contributed by atoms with Gasteiger partial charge in [-0.1, -0.05) is 19.3 Å². The molecule has 2 aromatic rings. The average molecular weight is 269 g/mol. The molecular formula is C16H19N3O. The topological polar surface area (TPSA) is 54.9 Å². The molecule has 1 fully saturated rings. The first-order valence-corrected chi connectivity index (χ1v) is 7.32. The molecule has 2 aromatic heterocycles. The number of nitrogens with one attached hydrogen (secondary N) is 1. The first kappa shape index (κ1) is 13.0. The largest absolute Gasteiger partial charge is 0.350 e. The highest BCUT2D eigenvalue weighted by Crippen LogP contribution is 2.22. The van der Waals surface area contributed by atoms with Crippen molar-refractivity contribution in [3.05, 3.63) is 36.3 Å². The van der Waals surface area contributed by atoms with Crippen LogP contribution in [0.1, 0.15) is 42.6 Å². The Morgan fingerprint density at radius 2 is 2.05 bits per heavy atom. The second-order valence-electron chi connectivity index (χ2n) is 5.48. The van der Waals surface area contributed by atoms with Crippen molar-refractivity contribution in [2.75, 3.05) is 6.54 Å². The third-order valence-corrected chi connectivity index (χ3v) is 4.00. The molecule has 0 saturated heterocycles. The van der Waals surface area contributed by atoms with Gasteiger partial charge in [-0.15, -0.1) is 0 Å². The summed E-state index contributed by atoms with van der Waals surface area (Å²) in [4.78, 5) is 20.6. The molecule has 3 rings (SSSR count). The van der Waals surface area contributed by atoms with Crippen molar-refractivity contribution in [3.8, 4) is 0 Å². The standard InChI is InChI=1S/C16H19N3O/c20-16(18-10-12-4-2-1-3-5-12)15-7-6-13-11-17-9-8-14(13)19-15/h6-9,11-12H,1-5,10H2,(H,18,20). The van der Waals surface area contributed by atoms with Gasteiger partial charge in [0.15, 0.2) is 0 Å². The fourth-order valence-corrected chi connectivity index (χ4v) is 2.81. The van der Waals surface area contributed by atoms with Gasteiger partial charge < -0.3 is 5.32 Å². The van der Waals surface area contributed by atoms with E-state index in [4.69, 9.17) is 0 Å². The predicted octanol–water partition coefficient (Wildman–Crippen LogP) is 2.94. The Morgan fingerprint density at radius 3 is 2.90 bits per heavy atom. The molecule has 0 radical (unpaired) electrons. The Hall–Kier alpha value is -1.97. The Labute approximate surface area is 118 Å². The quantitative estimate of drug-likeness (QED) is 0.932. The predicted molar refractivity (Wildman–Crippen MR) is 78.4 cm³/mol. The minimum atomic E-state index is -0.0747. The van der Waals surface area contributed by atoms with Crippen LogP contribution in [0.15, 0.2) is 30.6 Å². The van der Waals surface area contributed by atoms with Crippen LogP contribution in [-0.4, -0.2) is 22.4 Å². The summed E-state index contributed by atoms with van der Waals surface area (Å²) in [6, 6.07) is 5.48. The van der Waals surface area contributed by atoms with E-state index in [-0.39, 0.29) is 5.91 Å². The van der Waals surface area contributed by atoms with Crippen molar-refractivity contribution in [2.24, 2.45) is 5.92 Å². The summed E-state index contributed by atoms with van der Waals surface area (Å²) in [6.07, 6.45) is 9.84. The summed E-state index contributed by atoms with van der Waals surface area (Å²) in [5.74, 6) is 0.562. The van der Waals surface area contributed by atoms with Gasteiger partial charge in [0.25, 0.3) is 5.91 Å². The lowest BCUT2D eigenvalue weighted by molar-refractivity contribution is 0.0939. The zero-order valence-electron chi connectivity index (χ0n) is 11.5. The van der Waals surface area contributed by atoms with Gasteiger partial charge in [-0.25, -0.2) is 4.98 Å². The normalized spacial score (nSPS) is 16.2. The maximum atomic E-state index is 12.1. The molecule has 1 aliphatic carbocycles. The number of nitrogens with zero attached hydrogens (tertiary/aromatic N) is 2. The van der Waals surface area contributed by atoms with E-state index in [1.807, 2.05) is 12.1 Å². The second kappa shape index (κ2) is 5.99. The second-order valence-corrected chi connectivity index (χ2v) is 5.48. The lowest BCUT2D eigenvalue weighted by atomic mass is 9.89. The van der Waals surface area contributed by atoms with Gasteiger partial charge in [0.2, 0.25) is 0 Å². The maximum absolute atomic E-state index is 12.1. The fourth-order valence-electron chi connectivity index (χ4n) is 2.81. The van der Waals surface area contributed by atoms with Gasteiger partial charge >= 0.3 is 0 Å². The van der Waals surface area contributed by atoms with Gasteiger partial charge in [0, 0.05) is 24.3 Å². The van der Waals surface area contributed by atoms with E-state index in [1.54, 1.807) is 18.5 Å². The zero-order chi connectivity index (χ0) is 13.8. The van der Waals surface area contributed by atoms with Crippen LogP contribution in [0.3, 0.4) is 0 Å². The van der Waals surface area contributed by atoms with Crippen LogP contribution < -0.4 is 5.32 Å². The number of pyridine rings is 2. The molecule has 2 heterocycles. The van der Waals surface area contributed by atoms with E-state index >= 15 is 0 Å². The zero-order valence-corrected chi connectivity index (χ0v) is 11.5. The fraction of sp³-hybridized carbons (Fsp3) is 0.438. The van der Waals surface area contributed by atoms with Gasteiger partial charge in [0.1, 0.15) is 5.69 Å². The number of carbonyl (C=O) groups excluding carboxylic acids is 1. The lowest BCUT2D eigenvalue weighted by Crippen LogP contribution is -2.30. The van der Waals surface area contributed by atoms with Crippen LogP contribution in [0.2, 0.25) is 0 Å². The number of hydrogen-bond acceptors (Lipinski definition) is 3. The van der Waals surface area contributed by atoms with Gasteiger partial charge in [-0.05, 0) is 37.0 Å². The van der Waals surface area contributed by atoms with Crippen molar-refractivity contribution < 1.29 is 4.79 Å². The number of rotatable bonds is 3. The highest BCUT2D eigenvalue weighted by atomic mass is 16.1. The van der Waals surface area contributed by atoms with E-state index in [1.165, 1.54) is 32.1 Å². The number of hydrogen-bond donors (Lipinski definition) is 1. The number of fused-ring (bicyclic) bond motifs is 1. The maximum Gasteiger partial charge on any atom is 0.269 e. The van der Waals surface area contributed by atoms with Gasteiger partial charge in [-0.3, -0.25) is 9.78 Å². The summed E-state index contributed by atoms with van der Waals surface area (Å²) in [5, 5.41) is 3.97. The van der Waals surface area contributed by atoms with Crippen LogP contribution in [0.5, 0.6) is 0 Å². The van der Waals surface area contributed by atoms with E-state index in [0.717, 1.165) is 17.4 Å². The lowest BCUT2D eigenvalue weighted by Gasteiger charge is -2.21. The molecule has 0 spiro atoms. The third kappa shape index (κ3) is 2.95. The van der Waals surface area contributed by atoms with Crippen LogP contribution in [0, 0.1) is 5.92 Å². The van der Waals surface area contributed by atoms with Crippen molar-refractivity contribution >= 4 is 16.8 Å². The Morgan fingerprint density at radius 1 is 1.20 bits per heavy atom. The van der Waals surface area contributed by atoms with Crippen molar-refractivity contribution in [1.82, 2.24) is 15.3 Å². The molecule has 4 nitrogen and oxygen atoms in total. The van der Waals surface area contributed by atoms with E-state index in [2.05, 4.69) is 15.3 Å². The summed E-state index contributed by atoms with van der Waals surface area (Å²) in [7, 11) is 0. The molecule has 0 atom stereocenters. The Bertz CT molecular complexity index is 605. The van der Waals surface area contributed by atoms with Crippen molar-refractivity contribution in [1.29, 1.82) is 0 Å². The van der Waals surface area contributed by atoms with Crippen LogP contribution in [0.25, 0.3) is 10.9 Å². The minimum absolute atomic E-state index is 0.0747. The first-order chi connectivity index (χ1) is 9.83. The van der Waals surface area contributed by atoms with Gasteiger partial charge in [0.05, 0.1) is 5.52 Å². The summed E-state index contributed by atoms with van der Waals surface area (Å²) < 4.78 is 0. The molecule has 1 amide bonds. The summed E-state index contributed by atoms with van der Waals surface area (Å²) in [6.45, 7) is 0.773. The summed E-state index contributed by atoms with van der Waals surface area (Å²) in [5.41, 5.74) is 1.30. The molecule has 1 saturated carbocycles. The number of amides is 1. The Balaban J connectivity index is 1.65. The highest BCUT2D eigenvalue weighted by Gasteiger charge is 2.15. The Kier molecular flexibility index (Phi) is 3.90. The SMILES string of the molecule is O=C(NCC1CCCCC1)c1ccc2cnccc2n1. The molecule has 0 unspecified atom stereocenters. The monoisotopic (exact) mass is 269 g/mol. The smallest absolute Gasteiger partial charge is 0.269 e. The van der Waals surface area contributed by atoms with E-state index in [9.17, 15) is 4.79 Å². The number of carbonyl (C=O) groups is 1. The van der Waals surface area contributed by atoms with Crippen molar-refractivity contribution in [3.63, 3.8) is 0 Å². The van der Waals surface area contributed by atoms with E-state index < -0.39 is 0 Å². The van der Waals surface area contributed by atoms with Gasteiger partial charge in [-0.2, -0.15) is 0 Å². The van der Waals surface area contributed by atoms with Crippen molar-refractivity contribution in [2.45, 2.75) is 32.1 Å². The van der Waals surface area contributed by atoms with Crippen LogP contribution in [0.4, 0.5) is 0 Å². The molecule has 4 heteroatoms. The van der Waals surface area contributed by atoms with Crippen LogP contribution >= 0.6 is 0 Å². The highest BCUT2D eigenvalue weighted by molar-refractivity contribution is 5.94. The molecule has 1 N–H and O–H groups in total. The molecule has 20 heavy (non-hydrogen) atoms. The third-order valence-electron chi connectivity index (χ3n) is 4.00. The number of aromatic nitrogens is 2. The molecule has 104 valence electrons. The molecule has 1 aliphatic rings. The molecule has 0 bridgehead atoms. The minimum Gasteiger partial charge on any atom is -0.350 e. The molecule has 0 aromatic carbocycles. The summed E-state index contributed by atoms with van der Waals surface area (Å²) >= 11 is 0. The molecule has 0 aliphatic heterocycles. The van der Waals surface area contributed by atoms with E-state index in [0.29, 0.717) is 11.6 Å².